The van der Waals surface area contributed by atoms with Gasteiger partial charge in [-0.1, -0.05) is 30.3 Å². The summed E-state index contributed by atoms with van der Waals surface area (Å²) < 4.78 is 39.0. The van der Waals surface area contributed by atoms with E-state index in [0.717, 1.165) is 36.7 Å². The van der Waals surface area contributed by atoms with Crippen LogP contribution in [0.3, 0.4) is 0 Å². The Balaban J connectivity index is 1.91. The number of benzene rings is 2. The van der Waals surface area contributed by atoms with Crippen molar-refractivity contribution in [3.8, 4) is 0 Å². The van der Waals surface area contributed by atoms with Gasteiger partial charge in [0.25, 0.3) is 0 Å². The first-order valence-electron chi connectivity index (χ1n) is 7.05. The van der Waals surface area contributed by atoms with Crippen LogP contribution in [0.2, 0.25) is 0 Å². The molecular weight excluding hydrogens is 275 g/mol. The SMILES string of the molecule is FC(F)(F)c1ccccc1Cc1ccc2c(c1)CCCN2. The van der Waals surface area contributed by atoms with Crippen molar-refractivity contribution in [2.24, 2.45) is 0 Å². The Morgan fingerprint density at radius 3 is 2.67 bits per heavy atom. The van der Waals surface area contributed by atoms with E-state index in [1.54, 1.807) is 12.1 Å². The van der Waals surface area contributed by atoms with E-state index in [1.807, 2.05) is 18.2 Å². The Bertz CT molecular complexity index is 647. The maximum Gasteiger partial charge on any atom is 0.416 e. The summed E-state index contributed by atoms with van der Waals surface area (Å²) in [4.78, 5) is 0. The second-order valence-corrected chi connectivity index (χ2v) is 5.35. The van der Waals surface area contributed by atoms with Gasteiger partial charge in [0, 0.05) is 12.2 Å². The van der Waals surface area contributed by atoms with Crippen LogP contribution >= 0.6 is 0 Å². The van der Waals surface area contributed by atoms with Crippen LogP contribution in [-0.2, 0) is 19.0 Å². The standard InChI is InChI=1S/C17H16F3N/c18-17(19,20)15-6-2-1-4-13(15)10-12-7-8-16-14(11-12)5-3-9-21-16/h1-2,4,6-8,11,21H,3,5,9-10H2. The summed E-state index contributed by atoms with van der Waals surface area (Å²) in [5, 5.41) is 3.31. The largest absolute Gasteiger partial charge is 0.416 e. The van der Waals surface area contributed by atoms with E-state index in [0.29, 0.717) is 12.0 Å². The van der Waals surface area contributed by atoms with Crippen molar-refractivity contribution in [2.75, 3.05) is 11.9 Å². The van der Waals surface area contributed by atoms with Crippen LogP contribution in [0.1, 0.15) is 28.7 Å². The molecule has 0 bridgehead atoms. The number of nitrogens with one attached hydrogen (secondary N) is 1. The van der Waals surface area contributed by atoms with Crippen LogP contribution in [0.25, 0.3) is 0 Å². The van der Waals surface area contributed by atoms with Gasteiger partial charge in [-0.3, -0.25) is 0 Å². The van der Waals surface area contributed by atoms with Gasteiger partial charge in [0.2, 0.25) is 0 Å². The molecule has 0 fully saturated rings. The van der Waals surface area contributed by atoms with E-state index in [1.165, 1.54) is 11.6 Å². The van der Waals surface area contributed by atoms with Crippen LogP contribution < -0.4 is 5.32 Å². The molecule has 1 aliphatic rings. The van der Waals surface area contributed by atoms with Gasteiger partial charge in [-0.05, 0) is 48.1 Å². The van der Waals surface area contributed by atoms with E-state index in [9.17, 15) is 13.2 Å². The maximum atomic E-state index is 13.0. The van der Waals surface area contributed by atoms with Crippen molar-refractivity contribution in [1.82, 2.24) is 0 Å². The fraction of sp³-hybridized carbons (Fsp3) is 0.294. The molecule has 1 nitrogen and oxygen atoms in total. The molecule has 1 N–H and O–H groups in total. The van der Waals surface area contributed by atoms with E-state index in [4.69, 9.17) is 0 Å². The molecule has 2 aromatic rings. The number of anilines is 1. The quantitative estimate of drug-likeness (QED) is 0.849. The Hall–Kier alpha value is -1.97. The van der Waals surface area contributed by atoms with Crippen molar-refractivity contribution in [1.29, 1.82) is 0 Å². The molecule has 0 atom stereocenters. The highest BCUT2D eigenvalue weighted by Crippen LogP contribution is 2.33. The van der Waals surface area contributed by atoms with Gasteiger partial charge in [0.05, 0.1) is 5.56 Å². The van der Waals surface area contributed by atoms with E-state index < -0.39 is 11.7 Å². The monoisotopic (exact) mass is 291 g/mol. The van der Waals surface area contributed by atoms with Crippen molar-refractivity contribution < 1.29 is 13.2 Å². The molecule has 1 aliphatic heterocycles. The van der Waals surface area contributed by atoms with Crippen LogP contribution in [0, 0.1) is 0 Å². The lowest BCUT2D eigenvalue weighted by atomic mass is 9.95. The summed E-state index contributed by atoms with van der Waals surface area (Å²) in [6, 6.07) is 11.7. The summed E-state index contributed by atoms with van der Waals surface area (Å²) in [7, 11) is 0. The number of alkyl halides is 3. The number of hydrogen-bond acceptors (Lipinski definition) is 1. The summed E-state index contributed by atoms with van der Waals surface area (Å²) in [6.45, 7) is 0.962. The topological polar surface area (TPSA) is 12.0 Å². The van der Waals surface area contributed by atoms with Gasteiger partial charge in [-0.15, -0.1) is 0 Å². The average Bonchev–Trinajstić information content (AvgIpc) is 2.46. The molecule has 0 radical (unpaired) electrons. The minimum atomic E-state index is -4.30. The first-order valence-corrected chi connectivity index (χ1v) is 7.05. The van der Waals surface area contributed by atoms with Crippen LogP contribution in [0.4, 0.5) is 18.9 Å². The molecular formula is C17H16F3N. The lowest BCUT2D eigenvalue weighted by Gasteiger charge is -2.19. The molecule has 0 aromatic heterocycles. The van der Waals surface area contributed by atoms with Gasteiger partial charge in [0.1, 0.15) is 0 Å². The third kappa shape index (κ3) is 3.04. The molecule has 0 saturated carbocycles. The molecule has 21 heavy (non-hydrogen) atoms. The molecule has 0 unspecified atom stereocenters. The van der Waals surface area contributed by atoms with Gasteiger partial charge in [-0.2, -0.15) is 13.2 Å². The average molecular weight is 291 g/mol. The van der Waals surface area contributed by atoms with Gasteiger partial charge in [-0.25, -0.2) is 0 Å². The van der Waals surface area contributed by atoms with Gasteiger partial charge in [0.15, 0.2) is 0 Å². The van der Waals surface area contributed by atoms with Crippen molar-refractivity contribution >= 4 is 5.69 Å². The molecule has 2 aromatic carbocycles. The Morgan fingerprint density at radius 1 is 1.05 bits per heavy atom. The molecule has 0 spiro atoms. The first-order chi connectivity index (χ1) is 10.0. The smallest absolute Gasteiger partial charge is 0.385 e. The third-order valence-electron chi connectivity index (χ3n) is 3.83. The number of rotatable bonds is 2. The lowest BCUT2D eigenvalue weighted by Crippen LogP contribution is -2.12. The minimum Gasteiger partial charge on any atom is -0.385 e. The minimum absolute atomic E-state index is 0.308. The van der Waals surface area contributed by atoms with Crippen molar-refractivity contribution in [3.05, 3.63) is 64.7 Å². The van der Waals surface area contributed by atoms with Gasteiger partial charge < -0.3 is 5.32 Å². The Morgan fingerprint density at radius 2 is 1.86 bits per heavy atom. The molecule has 0 saturated heterocycles. The normalized spacial score (nSPS) is 14.4. The zero-order valence-corrected chi connectivity index (χ0v) is 11.5. The molecule has 0 amide bonds. The molecule has 110 valence electrons. The number of aryl methyl sites for hydroxylation is 1. The Labute approximate surface area is 121 Å². The van der Waals surface area contributed by atoms with Crippen molar-refractivity contribution in [2.45, 2.75) is 25.4 Å². The zero-order chi connectivity index (χ0) is 14.9. The summed E-state index contributed by atoms with van der Waals surface area (Å²) in [5.74, 6) is 0. The Kier molecular flexibility index (Phi) is 3.62. The highest BCUT2D eigenvalue weighted by molar-refractivity contribution is 5.55. The van der Waals surface area contributed by atoms with Gasteiger partial charge >= 0.3 is 6.18 Å². The lowest BCUT2D eigenvalue weighted by molar-refractivity contribution is -0.138. The molecule has 0 aliphatic carbocycles. The van der Waals surface area contributed by atoms with Crippen LogP contribution in [-0.4, -0.2) is 6.54 Å². The zero-order valence-electron chi connectivity index (χ0n) is 11.5. The fourth-order valence-corrected chi connectivity index (χ4v) is 2.81. The second-order valence-electron chi connectivity index (χ2n) is 5.35. The molecule has 3 rings (SSSR count). The third-order valence-corrected chi connectivity index (χ3v) is 3.83. The van der Waals surface area contributed by atoms with Crippen LogP contribution in [0.15, 0.2) is 42.5 Å². The van der Waals surface area contributed by atoms with E-state index in [2.05, 4.69) is 5.32 Å². The van der Waals surface area contributed by atoms with Crippen LogP contribution in [0.5, 0.6) is 0 Å². The highest BCUT2D eigenvalue weighted by atomic mass is 19.4. The maximum absolute atomic E-state index is 13.0. The fourth-order valence-electron chi connectivity index (χ4n) is 2.81. The number of halogens is 3. The summed E-state index contributed by atoms with van der Waals surface area (Å²) in [5.41, 5.74) is 3.01. The predicted molar refractivity (Wildman–Crippen MR) is 77.5 cm³/mol. The summed E-state index contributed by atoms with van der Waals surface area (Å²) in [6.07, 6.45) is -1.94. The predicted octanol–water partition coefficient (Wildman–Crippen LogP) is 4.65. The second kappa shape index (κ2) is 5.43. The highest BCUT2D eigenvalue weighted by Gasteiger charge is 2.32. The van der Waals surface area contributed by atoms with E-state index >= 15 is 0 Å². The molecule has 4 heteroatoms. The number of hydrogen-bond donors (Lipinski definition) is 1. The van der Waals surface area contributed by atoms with E-state index in [-0.39, 0.29) is 0 Å². The first kappa shape index (κ1) is 14.0. The summed E-state index contributed by atoms with van der Waals surface area (Å²) >= 11 is 0. The van der Waals surface area contributed by atoms with Crippen molar-refractivity contribution in [3.63, 3.8) is 0 Å². The number of fused-ring (bicyclic) bond motifs is 1. The molecule has 1 heterocycles.